The highest BCUT2D eigenvalue weighted by Crippen LogP contribution is 2.10. The number of nitrogens with one attached hydrogen (secondary N) is 1. The number of amides is 1. The molecule has 17 heavy (non-hydrogen) atoms. The zero-order valence-electron chi connectivity index (χ0n) is 8.59. The predicted octanol–water partition coefficient (Wildman–Crippen LogP) is 1.36. The number of hydrogen-bond donors (Lipinski definition) is 2. The predicted molar refractivity (Wildman–Crippen MR) is 63.6 cm³/mol. The molecular formula is C10H8ClN5O. The molecule has 0 atom stereocenters. The van der Waals surface area contributed by atoms with Crippen LogP contribution in [0.1, 0.15) is 10.5 Å². The largest absolute Gasteiger partial charge is 0.382 e. The first-order valence-electron chi connectivity index (χ1n) is 4.67. The summed E-state index contributed by atoms with van der Waals surface area (Å²) in [6, 6.07) is 6.19. The summed E-state index contributed by atoms with van der Waals surface area (Å²) in [6.45, 7) is 0. The maximum Gasteiger partial charge on any atom is 0.277 e. The van der Waals surface area contributed by atoms with E-state index < -0.39 is 5.91 Å². The van der Waals surface area contributed by atoms with Crippen LogP contribution in [0.5, 0.6) is 0 Å². The van der Waals surface area contributed by atoms with Crippen LogP contribution in [-0.2, 0) is 0 Å². The van der Waals surface area contributed by atoms with E-state index in [4.69, 9.17) is 17.3 Å². The number of carbonyl (C=O) groups excluding carboxylic acids is 1. The van der Waals surface area contributed by atoms with Crippen molar-refractivity contribution in [2.24, 2.45) is 0 Å². The number of anilines is 2. The SMILES string of the molecule is Nc1ccc(C(=O)Nc2ccc(Cl)cn2)nn1. The number of nitrogens with two attached hydrogens (primary N) is 1. The molecule has 0 radical (unpaired) electrons. The second kappa shape index (κ2) is 4.75. The van der Waals surface area contributed by atoms with Gasteiger partial charge in [0.2, 0.25) is 0 Å². The number of nitrogen functional groups attached to an aromatic ring is 1. The van der Waals surface area contributed by atoms with Crippen molar-refractivity contribution in [1.29, 1.82) is 0 Å². The molecule has 0 aliphatic carbocycles. The maximum atomic E-state index is 11.7. The molecule has 0 aliphatic heterocycles. The summed E-state index contributed by atoms with van der Waals surface area (Å²) in [5.41, 5.74) is 5.53. The van der Waals surface area contributed by atoms with Crippen molar-refractivity contribution in [2.75, 3.05) is 11.1 Å². The third kappa shape index (κ3) is 2.88. The van der Waals surface area contributed by atoms with Crippen LogP contribution in [0.4, 0.5) is 11.6 Å². The van der Waals surface area contributed by atoms with E-state index in [1.165, 1.54) is 18.3 Å². The van der Waals surface area contributed by atoms with Gasteiger partial charge in [-0.15, -0.1) is 10.2 Å². The molecule has 0 saturated heterocycles. The average molecular weight is 250 g/mol. The lowest BCUT2D eigenvalue weighted by Crippen LogP contribution is -2.15. The van der Waals surface area contributed by atoms with Crippen molar-refractivity contribution >= 4 is 29.1 Å². The number of rotatable bonds is 2. The van der Waals surface area contributed by atoms with Gasteiger partial charge in [-0.1, -0.05) is 11.6 Å². The second-order valence-corrected chi connectivity index (χ2v) is 3.60. The summed E-state index contributed by atoms with van der Waals surface area (Å²) in [4.78, 5) is 15.6. The van der Waals surface area contributed by atoms with Gasteiger partial charge in [0.25, 0.3) is 5.91 Å². The van der Waals surface area contributed by atoms with Crippen molar-refractivity contribution in [3.63, 3.8) is 0 Å². The van der Waals surface area contributed by atoms with Crippen LogP contribution >= 0.6 is 11.6 Å². The lowest BCUT2D eigenvalue weighted by atomic mass is 10.3. The highest BCUT2D eigenvalue weighted by atomic mass is 35.5. The molecule has 86 valence electrons. The number of halogens is 1. The van der Waals surface area contributed by atoms with E-state index in [2.05, 4.69) is 20.5 Å². The van der Waals surface area contributed by atoms with Gasteiger partial charge in [0.1, 0.15) is 11.6 Å². The maximum absolute atomic E-state index is 11.7. The van der Waals surface area contributed by atoms with E-state index in [0.717, 1.165) is 0 Å². The second-order valence-electron chi connectivity index (χ2n) is 3.16. The quantitative estimate of drug-likeness (QED) is 0.838. The van der Waals surface area contributed by atoms with Gasteiger partial charge in [0.05, 0.1) is 5.02 Å². The Labute approximate surface area is 102 Å². The molecule has 2 aromatic rings. The minimum Gasteiger partial charge on any atom is -0.382 e. The number of nitrogens with zero attached hydrogens (tertiary/aromatic N) is 3. The zero-order chi connectivity index (χ0) is 12.3. The lowest BCUT2D eigenvalue weighted by Gasteiger charge is -2.03. The molecule has 0 aliphatic rings. The minimum absolute atomic E-state index is 0.163. The molecule has 1 amide bonds. The number of hydrogen-bond acceptors (Lipinski definition) is 5. The Hall–Kier alpha value is -2.21. The zero-order valence-corrected chi connectivity index (χ0v) is 9.35. The standard InChI is InChI=1S/C10H8ClN5O/c11-6-1-4-9(13-5-6)14-10(17)7-2-3-8(12)16-15-7/h1-5H,(H2,12,16)(H,13,14,17). The molecule has 0 unspecified atom stereocenters. The van der Waals surface area contributed by atoms with E-state index in [1.54, 1.807) is 12.1 Å². The molecule has 0 bridgehead atoms. The fraction of sp³-hybridized carbons (Fsp3) is 0. The van der Waals surface area contributed by atoms with E-state index >= 15 is 0 Å². The van der Waals surface area contributed by atoms with Gasteiger partial charge in [-0.2, -0.15) is 0 Å². The van der Waals surface area contributed by atoms with E-state index in [1.807, 2.05) is 0 Å². The fourth-order valence-corrected chi connectivity index (χ4v) is 1.21. The normalized spacial score (nSPS) is 9.94. The van der Waals surface area contributed by atoms with Gasteiger partial charge in [-0.25, -0.2) is 4.98 Å². The monoisotopic (exact) mass is 249 g/mol. The highest BCUT2D eigenvalue weighted by Gasteiger charge is 2.08. The van der Waals surface area contributed by atoms with Gasteiger partial charge < -0.3 is 11.1 Å². The topological polar surface area (TPSA) is 93.8 Å². The molecule has 0 spiro atoms. The van der Waals surface area contributed by atoms with Gasteiger partial charge >= 0.3 is 0 Å². The van der Waals surface area contributed by atoms with Crippen LogP contribution in [0.25, 0.3) is 0 Å². The van der Waals surface area contributed by atoms with Crippen molar-refractivity contribution in [1.82, 2.24) is 15.2 Å². The molecule has 2 heterocycles. The molecular weight excluding hydrogens is 242 g/mol. The van der Waals surface area contributed by atoms with Crippen LogP contribution < -0.4 is 11.1 Å². The average Bonchev–Trinajstić information content (AvgIpc) is 2.33. The number of aromatic nitrogens is 3. The van der Waals surface area contributed by atoms with Gasteiger partial charge in [0, 0.05) is 6.20 Å². The van der Waals surface area contributed by atoms with Crippen molar-refractivity contribution in [3.8, 4) is 0 Å². The van der Waals surface area contributed by atoms with E-state index in [0.29, 0.717) is 10.8 Å². The van der Waals surface area contributed by atoms with Crippen molar-refractivity contribution in [2.45, 2.75) is 0 Å². The molecule has 2 rings (SSSR count). The van der Waals surface area contributed by atoms with Crippen LogP contribution in [0.2, 0.25) is 5.02 Å². The van der Waals surface area contributed by atoms with Crippen LogP contribution in [0.15, 0.2) is 30.5 Å². The molecule has 6 nitrogen and oxygen atoms in total. The summed E-state index contributed by atoms with van der Waals surface area (Å²) < 4.78 is 0. The first kappa shape index (κ1) is 11.3. The van der Waals surface area contributed by atoms with Gasteiger partial charge in [-0.3, -0.25) is 4.79 Å². The highest BCUT2D eigenvalue weighted by molar-refractivity contribution is 6.30. The Morgan fingerprint density at radius 2 is 2.06 bits per heavy atom. The first-order valence-corrected chi connectivity index (χ1v) is 5.05. The van der Waals surface area contributed by atoms with E-state index in [9.17, 15) is 4.79 Å². The first-order chi connectivity index (χ1) is 8.15. The Bertz CT molecular complexity index is 525. The molecule has 0 aromatic carbocycles. The smallest absolute Gasteiger partial charge is 0.277 e. The fourth-order valence-electron chi connectivity index (χ4n) is 1.09. The third-order valence-corrected chi connectivity index (χ3v) is 2.11. The van der Waals surface area contributed by atoms with Crippen molar-refractivity contribution in [3.05, 3.63) is 41.2 Å². The summed E-state index contributed by atoms with van der Waals surface area (Å²) in [5, 5.41) is 10.3. The van der Waals surface area contributed by atoms with Crippen LogP contribution in [0, 0.1) is 0 Å². The summed E-state index contributed by atoms with van der Waals surface area (Å²) in [6.07, 6.45) is 1.44. The van der Waals surface area contributed by atoms with Crippen LogP contribution in [-0.4, -0.2) is 21.1 Å². The molecule has 0 fully saturated rings. The Kier molecular flexibility index (Phi) is 3.15. The summed E-state index contributed by atoms with van der Waals surface area (Å²) >= 11 is 5.67. The van der Waals surface area contributed by atoms with Gasteiger partial charge in [0.15, 0.2) is 5.69 Å². The molecule has 2 aromatic heterocycles. The summed E-state index contributed by atoms with van der Waals surface area (Å²) in [7, 11) is 0. The summed E-state index contributed by atoms with van der Waals surface area (Å²) in [5.74, 6) is 0.233. The Morgan fingerprint density at radius 1 is 1.24 bits per heavy atom. The number of pyridine rings is 1. The Balaban J connectivity index is 2.11. The molecule has 7 heteroatoms. The lowest BCUT2D eigenvalue weighted by molar-refractivity contribution is 0.102. The van der Waals surface area contributed by atoms with E-state index in [-0.39, 0.29) is 11.5 Å². The Morgan fingerprint density at radius 3 is 2.65 bits per heavy atom. The number of carbonyl (C=O) groups is 1. The minimum atomic E-state index is -0.410. The third-order valence-electron chi connectivity index (χ3n) is 1.89. The van der Waals surface area contributed by atoms with Gasteiger partial charge in [-0.05, 0) is 24.3 Å². The molecule has 3 N–H and O–H groups in total. The molecule has 0 saturated carbocycles. The van der Waals surface area contributed by atoms with Crippen molar-refractivity contribution < 1.29 is 4.79 Å². The van der Waals surface area contributed by atoms with Crippen LogP contribution in [0.3, 0.4) is 0 Å².